The molecule has 0 spiro atoms. The van der Waals surface area contributed by atoms with Crippen LogP contribution in [0.5, 0.6) is 0 Å². The van der Waals surface area contributed by atoms with E-state index in [1.54, 1.807) is 24.7 Å². The maximum atomic E-state index is 12.7. The molecule has 8 nitrogen and oxygen atoms in total. The molecule has 0 saturated carbocycles. The van der Waals surface area contributed by atoms with Crippen molar-refractivity contribution >= 4 is 29.1 Å². The third-order valence-corrected chi connectivity index (χ3v) is 6.72. The Bertz CT molecular complexity index is 977. The van der Waals surface area contributed by atoms with Crippen LogP contribution in [0.1, 0.15) is 46.5 Å². The molecule has 1 amide bonds. The highest BCUT2D eigenvalue weighted by Gasteiger charge is 2.28. The molecule has 3 N–H and O–H groups in total. The predicted octanol–water partition coefficient (Wildman–Crippen LogP) is 4.14. The SMILES string of the molecule is C[C@@H]1CC[C@@H](C(=O)Nc2cc(-c3cncc(NC[C@H]4CCOC(C)(C)C4)n3)c(Cl)cn2)CN1. The smallest absolute Gasteiger partial charge is 0.229 e. The van der Waals surface area contributed by atoms with E-state index in [0.29, 0.717) is 46.4 Å². The molecular formula is C24H33ClN6O2. The molecule has 0 bridgehead atoms. The second kappa shape index (κ2) is 10.3. The normalized spacial score (nSPS) is 24.8. The van der Waals surface area contributed by atoms with Gasteiger partial charge in [0.2, 0.25) is 5.91 Å². The van der Waals surface area contributed by atoms with Crippen LogP contribution in [-0.2, 0) is 9.53 Å². The number of hydrogen-bond acceptors (Lipinski definition) is 7. The summed E-state index contributed by atoms with van der Waals surface area (Å²) in [4.78, 5) is 26.0. The summed E-state index contributed by atoms with van der Waals surface area (Å²) >= 11 is 6.43. The van der Waals surface area contributed by atoms with Crippen molar-refractivity contribution in [3.05, 3.63) is 29.7 Å². The molecule has 2 aliphatic rings. The molecule has 2 fully saturated rings. The van der Waals surface area contributed by atoms with E-state index in [1.807, 2.05) is 0 Å². The van der Waals surface area contributed by atoms with Crippen molar-refractivity contribution in [3.8, 4) is 11.3 Å². The van der Waals surface area contributed by atoms with E-state index in [2.05, 4.69) is 46.7 Å². The Morgan fingerprint density at radius 2 is 2.09 bits per heavy atom. The van der Waals surface area contributed by atoms with E-state index in [4.69, 9.17) is 21.3 Å². The molecule has 0 aliphatic carbocycles. The highest BCUT2D eigenvalue weighted by molar-refractivity contribution is 6.33. The Morgan fingerprint density at radius 3 is 2.85 bits per heavy atom. The van der Waals surface area contributed by atoms with Gasteiger partial charge in [0.1, 0.15) is 11.6 Å². The first-order chi connectivity index (χ1) is 15.8. The maximum absolute atomic E-state index is 12.7. The van der Waals surface area contributed by atoms with E-state index in [-0.39, 0.29) is 17.4 Å². The van der Waals surface area contributed by atoms with E-state index >= 15 is 0 Å². The second-order valence-corrected chi connectivity index (χ2v) is 10.2. The summed E-state index contributed by atoms with van der Waals surface area (Å²) in [5.74, 6) is 1.57. The summed E-state index contributed by atoms with van der Waals surface area (Å²) in [6.07, 6.45) is 8.80. The number of carbonyl (C=O) groups is 1. The summed E-state index contributed by atoms with van der Waals surface area (Å²) in [5, 5.41) is 10.2. The first-order valence-electron chi connectivity index (χ1n) is 11.7. The van der Waals surface area contributed by atoms with Crippen LogP contribution in [-0.4, -0.2) is 52.2 Å². The molecule has 2 saturated heterocycles. The minimum atomic E-state index is -0.0878. The predicted molar refractivity (Wildman–Crippen MR) is 130 cm³/mol. The van der Waals surface area contributed by atoms with Gasteiger partial charge in [0, 0.05) is 37.5 Å². The van der Waals surface area contributed by atoms with Crippen LogP contribution in [0.3, 0.4) is 0 Å². The fourth-order valence-corrected chi connectivity index (χ4v) is 4.72. The van der Waals surface area contributed by atoms with Gasteiger partial charge >= 0.3 is 0 Å². The molecular weight excluding hydrogens is 440 g/mol. The zero-order chi connectivity index (χ0) is 23.4. The lowest BCUT2D eigenvalue weighted by Gasteiger charge is -2.35. The fourth-order valence-electron chi connectivity index (χ4n) is 4.52. The zero-order valence-electron chi connectivity index (χ0n) is 19.5. The Balaban J connectivity index is 1.42. The number of halogens is 1. The van der Waals surface area contributed by atoms with E-state index in [9.17, 15) is 4.79 Å². The largest absolute Gasteiger partial charge is 0.376 e. The number of aromatic nitrogens is 3. The van der Waals surface area contributed by atoms with Crippen molar-refractivity contribution < 1.29 is 9.53 Å². The van der Waals surface area contributed by atoms with Crippen LogP contribution < -0.4 is 16.0 Å². The van der Waals surface area contributed by atoms with Crippen molar-refractivity contribution in [3.63, 3.8) is 0 Å². The van der Waals surface area contributed by atoms with Crippen LogP contribution >= 0.6 is 11.6 Å². The number of anilines is 2. The molecule has 9 heteroatoms. The number of nitrogens with zero attached hydrogens (tertiary/aromatic N) is 3. The van der Waals surface area contributed by atoms with Crippen LogP contribution in [0, 0.1) is 11.8 Å². The number of rotatable bonds is 6. The van der Waals surface area contributed by atoms with Crippen molar-refractivity contribution in [2.45, 2.75) is 58.1 Å². The summed E-state index contributed by atoms with van der Waals surface area (Å²) < 4.78 is 5.81. The van der Waals surface area contributed by atoms with Gasteiger partial charge in [-0.1, -0.05) is 11.6 Å². The van der Waals surface area contributed by atoms with Gasteiger partial charge in [0.15, 0.2) is 0 Å². The maximum Gasteiger partial charge on any atom is 0.229 e. The lowest BCUT2D eigenvalue weighted by Crippen LogP contribution is -2.41. The number of carbonyl (C=O) groups excluding carboxylic acids is 1. The highest BCUT2D eigenvalue weighted by atomic mass is 35.5. The summed E-state index contributed by atoms with van der Waals surface area (Å²) in [6.45, 7) is 8.66. The molecule has 33 heavy (non-hydrogen) atoms. The summed E-state index contributed by atoms with van der Waals surface area (Å²) in [6, 6.07) is 2.21. The van der Waals surface area contributed by atoms with Crippen LogP contribution in [0.15, 0.2) is 24.7 Å². The minimum Gasteiger partial charge on any atom is -0.376 e. The molecule has 2 aromatic rings. The van der Waals surface area contributed by atoms with Crippen molar-refractivity contribution in [1.29, 1.82) is 0 Å². The van der Waals surface area contributed by atoms with Gasteiger partial charge < -0.3 is 20.7 Å². The standard InChI is InChI=1S/C24H33ClN6O2/c1-15-4-5-17(11-27-15)23(32)31-21-8-18(19(25)12-29-21)20-13-26-14-22(30-20)28-10-16-6-7-33-24(2,3)9-16/h8,12-17,27H,4-7,9-11H2,1-3H3,(H,28,30)(H,29,31,32)/t15-,16+,17-/m1/s1. The minimum absolute atomic E-state index is 0.0314. The average molecular weight is 473 g/mol. The zero-order valence-corrected chi connectivity index (χ0v) is 20.3. The Morgan fingerprint density at radius 1 is 1.24 bits per heavy atom. The van der Waals surface area contributed by atoms with Gasteiger partial charge in [-0.25, -0.2) is 9.97 Å². The molecule has 2 aliphatic heterocycles. The number of ether oxygens (including phenoxy) is 1. The Kier molecular flexibility index (Phi) is 7.46. The van der Waals surface area contributed by atoms with Crippen LogP contribution in [0.4, 0.5) is 11.6 Å². The third-order valence-electron chi connectivity index (χ3n) is 6.42. The van der Waals surface area contributed by atoms with Gasteiger partial charge in [-0.3, -0.25) is 9.78 Å². The van der Waals surface area contributed by atoms with Crippen molar-refractivity contribution in [2.24, 2.45) is 11.8 Å². The Labute approximate surface area is 200 Å². The second-order valence-electron chi connectivity index (χ2n) is 9.76. The van der Waals surface area contributed by atoms with Gasteiger partial charge in [-0.2, -0.15) is 0 Å². The van der Waals surface area contributed by atoms with Crippen molar-refractivity contribution in [2.75, 3.05) is 30.3 Å². The molecule has 2 aromatic heterocycles. The van der Waals surface area contributed by atoms with Gasteiger partial charge in [-0.15, -0.1) is 0 Å². The topological polar surface area (TPSA) is 101 Å². The molecule has 178 valence electrons. The number of hydrogen-bond donors (Lipinski definition) is 3. The fraction of sp³-hybridized carbons (Fsp3) is 0.583. The van der Waals surface area contributed by atoms with Gasteiger partial charge in [0.05, 0.1) is 34.6 Å². The third kappa shape index (κ3) is 6.40. The first-order valence-corrected chi connectivity index (χ1v) is 12.1. The first kappa shape index (κ1) is 23.9. The molecule has 0 aromatic carbocycles. The quantitative estimate of drug-likeness (QED) is 0.580. The highest BCUT2D eigenvalue weighted by Crippen LogP contribution is 2.30. The molecule has 0 radical (unpaired) electrons. The summed E-state index contributed by atoms with van der Waals surface area (Å²) in [7, 11) is 0. The molecule has 0 unspecified atom stereocenters. The van der Waals surface area contributed by atoms with Gasteiger partial charge in [0.25, 0.3) is 0 Å². The van der Waals surface area contributed by atoms with Gasteiger partial charge in [-0.05, 0) is 58.4 Å². The number of amides is 1. The van der Waals surface area contributed by atoms with E-state index < -0.39 is 0 Å². The van der Waals surface area contributed by atoms with Crippen LogP contribution in [0.2, 0.25) is 5.02 Å². The monoisotopic (exact) mass is 472 g/mol. The number of nitrogens with one attached hydrogen (secondary N) is 3. The molecule has 3 atom stereocenters. The van der Waals surface area contributed by atoms with E-state index in [0.717, 1.165) is 38.8 Å². The molecule has 4 heterocycles. The Hall–Kier alpha value is -2.29. The lowest BCUT2D eigenvalue weighted by atomic mass is 9.88. The number of pyridine rings is 1. The van der Waals surface area contributed by atoms with E-state index in [1.165, 1.54) is 0 Å². The van der Waals surface area contributed by atoms with Crippen molar-refractivity contribution in [1.82, 2.24) is 20.3 Å². The lowest BCUT2D eigenvalue weighted by molar-refractivity contribution is -0.120. The summed E-state index contributed by atoms with van der Waals surface area (Å²) in [5.41, 5.74) is 1.22. The van der Waals surface area contributed by atoms with Crippen LogP contribution in [0.25, 0.3) is 11.3 Å². The molecule has 4 rings (SSSR count). The number of piperidine rings is 1. The average Bonchev–Trinajstić information content (AvgIpc) is 2.79.